The third-order valence-electron chi connectivity index (χ3n) is 11.0. The van der Waals surface area contributed by atoms with Crippen LogP contribution in [0.3, 0.4) is 0 Å². The molecule has 0 atom stereocenters. The first-order chi connectivity index (χ1) is 27.3. The maximum atomic E-state index is 6.99. The molecular formula is C50H34BN3O. The first kappa shape index (κ1) is 31.3. The Balaban J connectivity index is 1.14. The van der Waals surface area contributed by atoms with Crippen molar-refractivity contribution >= 4 is 85.5 Å². The fraction of sp³-hybridized carbons (Fsp3) is 0. The fourth-order valence-corrected chi connectivity index (χ4v) is 8.69. The molecule has 2 aliphatic heterocycles. The normalized spacial score (nSPS) is 12.6. The second-order valence-corrected chi connectivity index (χ2v) is 14.1. The summed E-state index contributed by atoms with van der Waals surface area (Å²) in [7, 11) is 0. The van der Waals surface area contributed by atoms with Gasteiger partial charge in [-0.15, -0.1) is 0 Å². The van der Waals surface area contributed by atoms with Gasteiger partial charge in [0.2, 0.25) is 0 Å². The maximum Gasteiger partial charge on any atom is 0.297 e. The van der Waals surface area contributed by atoms with Crippen molar-refractivity contribution in [3.8, 4) is 11.1 Å². The van der Waals surface area contributed by atoms with Crippen LogP contribution in [0.25, 0.3) is 22.1 Å². The SMILES string of the molecule is c1ccc(-c2cccc(N3c4cccc5c4B(c4ccccc4N5c4cccc(N(c5ccccc5)c5ccccc5)c4)c4oc5ccccc5c43)c2)cc1. The highest BCUT2D eigenvalue weighted by molar-refractivity contribution is 6.99. The average molecular weight is 704 g/mol. The molecule has 0 bridgehead atoms. The minimum atomic E-state index is -0.0945. The van der Waals surface area contributed by atoms with Gasteiger partial charge in [-0.3, -0.25) is 0 Å². The van der Waals surface area contributed by atoms with Gasteiger partial charge < -0.3 is 19.1 Å². The minimum Gasteiger partial charge on any atom is -0.468 e. The first-order valence-electron chi connectivity index (χ1n) is 18.8. The number of fused-ring (bicyclic) bond motifs is 6. The molecule has 0 saturated carbocycles. The van der Waals surface area contributed by atoms with Crippen molar-refractivity contribution in [1.82, 2.24) is 0 Å². The Labute approximate surface area is 320 Å². The van der Waals surface area contributed by atoms with Crippen LogP contribution in [0.5, 0.6) is 0 Å². The van der Waals surface area contributed by atoms with E-state index in [1.165, 1.54) is 22.1 Å². The summed E-state index contributed by atoms with van der Waals surface area (Å²) in [5.41, 5.74) is 16.7. The summed E-state index contributed by atoms with van der Waals surface area (Å²) in [5, 5.41) is 1.10. The van der Waals surface area contributed by atoms with E-state index in [4.69, 9.17) is 4.42 Å². The molecule has 5 heteroatoms. The van der Waals surface area contributed by atoms with E-state index >= 15 is 0 Å². The van der Waals surface area contributed by atoms with Crippen LogP contribution in [0, 0.1) is 0 Å². The number of rotatable bonds is 6. The lowest BCUT2D eigenvalue weighted by Gasteiger charge is -2.42. The van der Waals surface area contributed by atoms with E-state index in [2.05, 4.69) is 221 Å². The van der Waals surface area contributed by atoms with Crippen molar-refractivity contribution in [2.75, 3.05) is 14.7 Å². The van der Waals surface area contributed by atoms with Gasteiger partial charge in [-0.1, -0.05) is 121 Å². The molecule has 258 valence electrons. The van der Waals surface area contributed by atoms with E-state index in [1.54, 1.807) is 0 Å². The van der Waals surface area contributed by atoms with Crippen molar-refractivity contribution in [1.29, 1.82) is 0 Å². The highest BCUT2D eigenvalue weighted by atomic mass is 16.3. The Morgan fingerprint density at radius 3 is 1.73 bits per heavy atom. The lowest BCUT2D eigenvalue weighted by molar-refractivity contribution is 0.651. The molecule has 55 heavy (non-hydrogen) atoms. The molecular weight excluding hydrogens is 669 g/mol. The fourth-order valence-electron chi connectivity index (χ4n) is 8.69. The summed E-state index contributed by atoms with van der Waals surface area (Å²) in [6, 6.07) is 73.7. The van der Waals surface area contributed by atoms with E-state index in [1.807, 2.05) is 0 Å². The van der Waals surface area contributed by atoms with Crippen molar-refractivity contribution in [2.45, 2.75) is 0 Å². The zero-order valence-electron chi connectivity index (χ0n) is 30.0. The zero-order valence-corrected chi connectivity index (χ0v) is 30.0. The topological polar surface area (TPSA) is 22.9 Å². The predicted octanol–water partition coefficient (Wildman–Crippen LogP) is 11.7. The number of hydrogen-bond acceptors (Lipinski definition) is 4. The molecule has 9 aromatic rings. The zero-order chi connectivity index (χ0) is 36.3. The minimum absolute atomic E-state index is 0.0945. The Kier molecular flexibility index (Phi) is 7.24. The molecule has 0 N–H and O–H groups in total. The van der Waals surface area contributed by atoms with Gasteiger partial charge in [0, 0.05) is 50.9 Å². The molecule has 0 spiro atoms. The van der Waals surface area contributed by atoms with Crippen LogP contribution >= 0.6 is 0 Å². The molecule has 11 rings (SSSR count). The third-order valence-corrected chi connectivity index (χ3v) is 11.0. The van der Waals surface area contributed by atoms with Crippen LogP contribution in [0.1, 0.15) is 0 Å². The summed E-state index contributed by atoms with van der Waals surface area (Å²) in [6.45, 7) is -0.0945. The first-order valence-corrected chi connectivity index (χ1v) is 18.8. The monoisotopic (exact) mass is 703 g/mol. The number of anilines is 9. The quantitative estimate of drug-likeness (QED) is 0.161. The van der Waals surface area contributed by atoms with Gasteiger partial charge in [-0.2, -0.15) is 0 Å². The summed E-state index contributed by atoms with van der Waals surface area (Å²) < 4.78 is 6.99. The van der Waals surface area contributed by atoms with Crippen molar-refractivity contribution in [3.05, 3.63) is 206 Å². The highest BCUT2D eigenvalue weighted by Crippen LogP contribution is 2.47. The van der Waals surface area contributed by atoms with Crippen LogP contribution in [0.4, 0.5) is 51.2 Å². The van der Waals surface area contributed by atoms with Crippen LogP contribution in [-0.2, 0) is 0 Å². The molecule has 0 fully saturated rings. The lowest BCUT2D eigenvalue weighted by atomic mass is 9.35. The maximum absolute atomic E-state index is 6.99. The van der Waals surface area contributed by atoms with E-state index in [9.17, 15) is 0 Å². The summed E-state index contributed by atoms with van der Waals surface area (Å²) in [6.07, 6.45) is 0. The van der Waals surface area contributed by atoms with Gasteiger partial charge in [-0.25, -0.2) is 0 Å². The van der Waals surface area contributed by atoms with Gasteiger partial charge in [0.15, 0.2) is 0 Å². The molecule has 1 aromatic heterocycles. The third kappa shape index (κ3) is 5.01. The molecule has 2 aliphatic rings. The van der Waals surface area contributed by atoms with Gasteiger partial charge in [0.1, 0.15) is 5.58 Å². The smallest absolute Gasteiger partial charge is 0.297 e. The van der Waals surface area contributed by atoms with E-state index in [0.29, 0.717) is 0 Å². The number of benzene rings is 8. The number of furan rings is 1. The van der Waals surface area contributed by atoms with E-state index in [0.717, 1.165) is 67.8 Å². The van der Waals surface area contributed by atoms with Crippen LogP contribution in [0.15, 0.2) is 211 Å². The van der Waals surface area contributed by atoms with Crippen LogP contribution < -0.4 is 31.3 Å². The van der Waals surface area contributed by atoms with Gasteiger partial charge in [0.05, 0.1) is 11.3 Å². The number of nitrogens with zero attached hydrogens (tertiary/aromatic N) is 3. The van der Waals surface area contributed by atoms with Crippen LogP contribution in [0.2, 0.25) is 0 Å². The van der Waals surface area contributed by atoms with Crippen molar-refractivity contribution in [2.24, 2.45) is 0 Å². The highest BCUT2D eigenvalue weighted by Gasteiger charge is 2.46. The summed E-state index contributed by atoms with van der Waals surface area (Å²) in [4.78, 5) is 7.19. The van der Waals surface area contributed by atoms with Crippen molar-refractivity contribution < 1.29 is 4.42 Å². The number of hydrogen-bond donors (Lipinski definition) is 0. The average Bonchev–Trinajstić information content (AvgIpc) is 3.64. The summed E-state index contributed by atoms with van der Waals surface area (Å²) >= 11 is 0. The van der Waals surface area contributed by atoms with Crippen LogP contribution in [-0.4, -0.2) is 6.71 Å². The van der Waals surface area contributed by atoms with Gasteiger partial charge >= 0.3 is 0 Å². The van der Waals surface area contributed by atoms with Crippen molar-refractivity contribution in [3.63, 3.8) is 0 Å². The molecule has 8 aromatic carbocycles. The molecule has 0 amide bonds. The molecule has 0 unspecified atom stereocenters. The Morgan fingerprint density at radius 1 is 0.418 bits per heavy atom. The predicted molar refractivity (Wildman–Crippen MR) is 230 cm³/mol. The van der Waals surface area contributed by atoms with E-state index in [-0.39, 0.29) is 6.71 Å². The molecule has 0 saturated heterocycles. The molecule has 0 aliphatic carbocycles. The standard InChI is InChI=1S/C50H34BN3O/c1-4-17-35(18-5-1)36-19-14-24-39(33-36)54-46-31-16-30-45-48(46)51(50-49(54)42-27-10-13-32-47(42)55-50)43-28-11-12-29-44(43)53(45)41-26-15-25-40(34-41)52(37-20-6-2-7-21-37)38-22-8-3-9-23-38/h1-34H. The second kappa shape index (κ2) is 12.7. The lowest BCUT2D eigenvalue weighted by Crippen LogP contribution is -2.60. The Bertz CT molecular complexity index is 2810. The summed E-state index contributed by atoms with van der Waals surface area (Å²) in [5.74, 6) is 0. The second-order valence-electron chi connectivity index (χ2n) is 14.1. The van der Waals surface area contributed by atoms with Gasteiger partial charge in [-0.05, 0) is 107 Å². The number of para-hydroxylation sites is 4. The molecule has 4 nitrogen and oxygen atoms in total. The Morgan fingerprint density at radius 2 is 0.964 bits per heavy atom. The molecule has 3 heterocycles. The Hall–Kier alpha value is -7.24. The van der Waals surface area contributed by atoms with Gasteiger partial charge in [0.25, 0.3) is 6.71 Å². The van der Waals surface area contributed by atoms with E-state index < -0.39 is 0 Å². The molecule has 0 radical (unpaired) electrons. The largest absolute Gasteiger partial charge is 0.468 e.